The van der Waals surface area contributed by atoms with Crippen LogP contribution in [0.4, 0.5) is 0 Å². The van der Waals surface area contributed by atoms with Crippen molar-refractivity contribution < 1.29 is 10.2 Å². The van der Waals surface area contributed by atoms with Crippen molar-refractivity contribution in [3.63, 3.8) is 0 Å². The van der Waals surface area contributed by atoms with Crippen LogP contribution in [0.25, 0.3) is 0 Å². The molecule has 1 heterocycles. The van der Waals surface area contributed by atoms with Gasteiger partial charge >= 0.3 is 0 Å². The highest BCUT2D eigenvalue weighted by Crippen LogP contribution is 2.08. The molecule has 1 atom stereocenters. The molecule has 0 bridgehead atoms. The second kappa shape index (κ2) is 4.70. The van der Waals surface area contributed by atoms with E-state index in [0.29, 0.717) is 6.42 Å². The standard InChI is InChI=1S/C8H16NO2/c10-8(11)4-7-9-5-2-1-3-6-9/h8,10H,1-7H2. The van der Waals surface area contributed by atoms with Gasteiger partial charge in [0.2, 0.25) is 0 Å². The van der Waals surface area contributed by atoms with E-state index in [1.54, 1.807) is 0 Å². The van der Waals surface area contributed by atoms with Gasteiger partial charge in [0.05, 0.1) is 0 Å². The van der Waals surface area contributed by atoms with E-state index in [1.807, 2.05) is 0 Å². The zero-order valence-electron chi connectivity index (χ0n) is 6.83. The summed E-state index contributed by atoms with van der Waals surface area (Å²) in [5.74, 6) is 0. The average Bonchev–Trinajstić information content (AvgIpc) is 2.03. The van der Waals surface area contributed by atoms with Gasteiger partial charge in [-0.3, -0.25) is 0 Å². The first-order valence-corrected chi connectivity index (χ1v) is 4.35. The number of piperidine rings is 1. The fourth-order valence-electron chi connectivity index (χ4n) is 1.48. The van der Waals surface area contributed by atoms with Crippen LogP contribution in [0.3, 0.4) is 0 Å². The van der Waals surface area contributed by atoms with E-state index in [0.717, 1.165) is 19.6 Å². The zero-order chi connectivity index (χ0) is 8.10. The summed E-state index contributed by atoms with van der Waals surface area (Å²) >= 11 is 0. The van der Waals surface area contributed by atoms with E-state index in [9.17, 15) is 5.11 Å². The maximum Gasteiger partial charge on any atom is 0.190 e. The summed E-state index contributed by atoms with van der Waals surface area (Å²) in [6.45, 7) is 2.98. The Labute approximate surface area is 67.6 Å². The van der Waals surface area contributed by atoms with E-state index < -0.39 is 6.29 Å². The molecule has 1 fully saturated rings. The van der Waals surface area contributed by atoms with Gasteiger partial charge in [-0.05, 0) is 25.9 Å². The van der Waals surface area contributed by atoms with Crippen molar-refractivity contribution in [2.24, 2.45) is 0 Å². The molecule has 0 spiro atoms. The van der Waals surface area contributed by atoms with Gasteiger partial charge in [0.15, 0.2) is 6.29 Å². The van der Waals surface area contributed by atoms with Crippen LogP contribution in [0.15, 0.2) is 0 Å². The molecule has 0 aromatic rings. The van der Waals surface area contributed by atoms with Crippen LogP contribution in [0, 0.1) is 0 Å². The predicted molar refractivity (Wildman–Crippen MR) is 41.6 cm³/mol. The smallest absolute Gasteiger partial charge is 0.190 e. The molecule has 1 aliphatic heterocycles. The lowest BCUT2D eigenvalue weighted by Crippen LogP contribution is -2.32. The van der Waals surface area contributed by atoms with Crippen LogP contribution in [-0.4, -0.2) is 35.9 Å². The quantitative estimate of drug-likeness (QED) is 0.611. The van der Waals surface area contributed by atoms with Gasteiger partial charge < -0.3 is 10.0 Å². The molecule has 1 radical (unpaired) electrons. The molecule has 11 heavy (non-hydrogen) atoms. The van der Waals surface area contributed by atoms with Crippen LogP contribution in [0.2, 0.25) is 0 Å². The molecule has 1 saturated heterocycles. The number of aliphatic hydroxyl groups excluding tert-OH is 1. The molecule has 0 amide bonds. The Morgan fingerprint density at radius 3 is 2.45 bits per heavy atom. The van der Waals surface area contributed by atoms with Crippen molar-refractivity contribution in [3.8, 4) is 0 Å². The summed E-state index contributed by atoms with van der Waals surface area (Å²) in [5.41, 5.74) is 0. The van der Waals surface area contributed by atoms with Gasteiger partial charge in [-0.25, -0.2) is 5.11 Å². The van der Waals surface area contributed by atoms with Crippen LogP contribution < -0.4 is 0 Å². The van der Waals surface area contributed by atoms with Crippen LogP contribution in [-0.2, 0) is 5.11 Å². The number of hydrogen-bond donors (Lipinski definition) is 1. The Bertz CT molecular complexity index is 100. The van der Waals surface area contributed by atoms with Gasteiger partial charge in [-0.2, -0.15) is 0 Å². The highest BCUT2D eigenvalue weighted by molar-refractivity contribution is 4.64. The Balaban J connectivity index is 2.05. The Kier molecular flexibility index (Phi) is 3.83. The Hall–Kier alpha value is -0.120. The molecule has 3 heteroatoms. The van der Waals surface area contributed by atoms with Crippen molar-refractivity contribution in [1.82, 2.24) is 4.90 Å². The predicted octanol–water partition coefficient (Wildman–Crippen LogP) is 0.611. The molecule has 1 N–H and O–H groups in total. The van der Waals surface area contributed by atoms with Crippen LogP contribution in [0.5, 0.6) is 0 Å². The highest BCUT2D eigenvalue weighted by Gasteiger charge is 2.10. The highest BCUT2D eigenvalue weighted by atomic mass is 16.5. The average molecular weight is 158 g/mol. The summed E-state index contributed by atoms with van der Waals surface area (Å²) in [6.07, 6.45) is 2.80. The van der Waals surface area contributed by atoms with Gasteiger partial charge in [-0.1, -0.05) is 6.42 Å². The van der Waals surface area contributed by atoms with Crippen molar-refractivity contribution >= 4 is 0 Å². The maximum atomic E-state index is 10.3. The lowest BCUT2D eigenvalue weighted by Gasteiger charge is -2.26. The van der Waals surface area contributed by atoms with Crippen molar-refractivity contribution in [2.45, 2.75) is 32.0 Å². The summed E-state index contributed by atoms with van der Waals surface area (Å²) in [6, 6.07) is 0. The lowest BCUT2D eigenvalue weighted by molar-refractivity contribution is -0.0996. The monoisotopic (exact) mass is 158 g/mol. The molecule has 0 aromatic heterocycles. The van der Waals surface area contributed by atoms with Gasteiger partial charge in [0.25, 0.3) is 0 Å². The van der Waals surface area contributed by atoms with Crippen molar-refractivity contribution in [3.05, 3.63) is 0 Å². The summed E-state index contributed by atoms with van der Waals surface area (Å²) in [5, 5.41) is 18.8. The number of likely N-dealkylation sites (tertiary alicyclic amines) is 1. The second-order valence-corrected chi connectivity index (χ2v) is 3.15. The summed E-state index contributed by atoms with van der Waals surface area (Å²) in [4.78, 5) is 2.25. The minimum atomic E-state index is -1.38. The molecule has 1 rings (SSSR count). The zero-order valence-corrected chi connectivity index (χ0v) is 6.83. The first kappa shape index (κ1) is 8.97. The number of aliphatic hydroxyl groups is 1. The third-order valence-electron chi connectivity index (χ3n) is 2.14. The summed E-state index contributed by atoms with van der Waals surface area (Å²) < 4.78 is 0. The van der Waals surface area contributed by atoms with Crippen molar-refractivity contribution in [2.75, 3.05) is 19.6 Å². The SMILES string of the molecule is [O]C(O)CCN1CCCCC1. The molecule has 3 nitrogen and oxygen atoms in total. The normalized spacial score (nSPS) is 21.0. The van der Waals surface area contributed by atoms with E-state index in [1.165, 1.54) is 19.3 Å². The fraction of sp³-hybridized carbons (Fsp3) is 1.00. The molecule has 65 valence electrons. The molecule has 1 aliphatic rings. The first-order valence-electron chi connectivity index (χ1n) is 4.35. The Morgan fingerprint density at radius 1 is 1.27 bits per heavy atom. The van der Waals surface area contributed by atoms with E-state index >= 15 is 0 Å². The third-order valence-corrected chi connectivity index (χ3v) is 2.14. The minimum absolute atomic E-state index is 0.375. The third kappa shape index (κ3) is 3.70. The fourth-order valence-corrected chi connectivity index (χ4v) is 1.48. The van der Waals surface area contributed by atoms with E-state index in [4.69, 9.17) is 5.11 Å². The number of hydrogen-bond acceptors (Lipinski definition) is 2. The first-order chi connectivity index (χ1) is 5.29. The molecular formula is C8H16NO2. The maximum absolute atomic E-state index is 10.3. The molecule has 0 aromatic carbocycles. The van der Waals surface area contributed by atoms with Gasteiger partial charge in [0, 0.05) is 13.0 Å². The van der Waals surface area contributed by atoms with Gasteiger partial charge in [0.1, 0.15) is 0 Å². The number of rotatable bonds is 3. The van der Waals surface area contributed by atoms with Gasteiger partial charge in [-0.15, -0.1) is 0 Å². The molecule has 1 unspecified atom stereocenters. The lowest BCUT2D eigenvalue weighted by atomic mass is 10.1. The van der Waals surface area contributed by atoms with E-state index in [2.05, 4.69) is 4.90 Å². The molecule has 0 aliphatic carbocycles. The Morgan fingerprint density at radius 2 is 1.91 bits per heavy atom. The summed E-state index contributed by atoms with van der Waals surface area (Å²) in [7, 11) is 0. The molecule has 0 saturated carbocycles. The van der Waals surface area contributed by atoms with Crippen molar-refractivity contribution in [1.29, 1.82) is 0 Å². The van der Waals surface area contributed by atoms with E-state index in [-0.39, 0.29) is 0 Å². The molecular weight excluding hydrogens is 142 g/mol. The largest absolute Gasteiger partial charge is 0.366 e. The number of nitrogens with zero attached hydrogens (tertiary/aromatic N) is 1. The topological polar surface area (TPSA) is 43.4 Å². The minimum Gasteiger partial charge on any atom is -0.366 e. The van der Waals surface area contributed by atoms with Crippen LogP contribution in [0.1, 0.15) is 25.7 Å². The van der Waals surface area contributed by atoms with Crippen LogP contribution >= 0.6 is 0 Å². The second-order valence-electron chi connectivity index (χ2n) is 3.15.